The van der Waals surface area contributed by atoms with E-state index in [0.29, 0.717) is 22.4 Å². The zero-order valence-electron chi connectivity index (χ0n) is 11.4. The van der Waals surface area contributed by atoms with Gasteiger partial charge in [0.15, 0.2) is 5.82 Å². The van der Waals surface area contributed by atoms with E-state index in [4.69, 9.17) is 16.1 Å². The van der Waals surface area contributed by atoms with Crippen LogP contribution < -0.4 is 5.32 Å². The SMILES string of the molecule is O=C(NCc1noc(-c2ccccc2)n1)c1ccc(Cl)nc1. The molecule has 0 aliphatic heterocycles. The Morgan fingerprint density at radius 3 is 2.73 bits per heavy atom. The van der Waals surface area contributed by atoms with Crippen molar-refractivity contribution in [1.29, 1.82) is 0 Å². The van der Waals surface area contributed by atoms with Crippen LogP contribution >= 0.6 is 11.6 Å². The van der Waals surface area contributed by atoms with Gasteiger partial charge in [-0.1, -0.05) is 35.0 Å². The van der Waals surface area contributed by atoms with Gasteiger partial charge in [0.2, 0.25) is 0 Å². The summed E-state index contributed by atoms with van der Waals surface area (Å²) in [5.41, 5.74) is 1.24. The first kappa shape index (κ1) is 14.2. The fraction of sp³-hybridized carbons (Fsp3) is 0.0667. The predicted molar refractivity (Wildman–Crippen MR) is 80.2 cm³/mol. The van der Waals surface area contributed by atoms with Crippen molar-refractivity contribution in [3.8, 4) is 11.5 Å². The quantitative estimate of drug-likeness (QED) is 0.749. The first-order valence-electron chi connectivity index (χ1n) is 6.50. The van der Waals surface area contributed by atoms with Crippen molar-refractivity contribution in [3.05, 3.63) is 65.2 Å². The van der Waals surface area contributed by atoms with Crippen molar-refractivity contribution in [2.75, 3.05) is 0 Å². The molecule has 0 saturated heterocycles. The monoisotopic (exact) mass is 314 g/mol. The van der Waals surface area contributed by atoms with E-state index in [1.165, 1.54) is 6.20 Å². The maximum Gasteiger partial charge on any atom is 0.257 e. The number of hydrogen-bond acceptors (Lipinski definition) is 5. The molecule has 0 unspecified atom stereocenters. The molecule has 7 heteroatoms. The molecule has 0 aliphatic rings. The van der Waals surface area contributed by atoms with Crippen LogP contribution in [0.2, 0.25) is 5.15 Å². The van der Waals surface area contributed by atoms with E-state index < -0.39 is 0 Å². The van der Waals surface area contributed by atoms with Gasteiger partial charge in [0.25, 0.3) is 11.8 Å². The predicted octanol–water partition coefficient (Wildman–Crippen LogP) is 2.72. The standard InChI is InChI=1S/C15H11ClN4O2/c16-12-7-6-11(8-17-12)14(21)18-9-13-19-15(22-20-13)10-4-2-1-3-5-10/h1-8H,9H2,(H,18,21). The second-order valence-corrected chi connectivity index (χ2v) is 4.82. The summed E-state index contributed by atoms with van der Waals surface area (Å²) in [6.45, 7) is 0.164. The summed E-state index contributed by atoms with van der Waals surface area (Å²) in [4.78, 5) is 20.0. The number of aromatic nitrogens is 3. The third-order valence-corrected chi connectivity index (χ3v) is 3.11. The second kappa shape index (κ2) is 6.36. The number of halogens is 1. The first-order valence-corrected chi connectivity index (χ1v) is 6.88. The van der Waals surface area contributed by atoms with Gasteiger partial charge in [-0.15, -0.1) is 0 Å². The molecule has 0 aliphatic carbocycles. The number of hydrogen-bond donors (Lipinski definition) is 1. The van der Waals surface area contributed by atoms with E-state index in [1.807, 2.05) is 30.3 Å². The largest absolute Gasteiger partial charge is 0.345 e. The molecule has 2 aromatic heterocycles. The number of carbonyl (C=O) groups is 1. The van der Waals surface area contributed by atoms with Crippen molar-refractivity contribution >= 4 is 17.5 Å². The zero-order chi connectivity index (χ0) is 15.4. The Morgan fingerprint density at radius 1 is 1.18 bits per heavy atom. The molecule has 6 nitrogen and oxygen atoms in total. The number of carbonyl (C=O) groups excluding carboxylic acids is 1. The summed E-state index contributed by atoms with van der Waals surface area (Å²) in [6.07, 6.45) is 1.41. The minimum Gasteiger partial charge on any atom is -0.345 e. The molecule has 0 radical (unpaired) electrons. The van der Waals surface area contributed by atoms with Gasteiger partial charge < -0.3 is 9.84 Å². The minimum atomic E-state index is -0.282. The molecule has 0 bridgehead atoms. The van der Waals surface area contributed by atoms with E-state index in [2.05, 4.69) is 20.4 Å². The molecule has 0 saturated carbocycles. The van der Waals surface area contributed by atoms with Gasteiger partial charge in [-0.05, 0) is 24.3 Å². The van der Waals surface area contributed by atoms with Crippen molar-refractivity contribution in [1.82, 2.24) is 20.4 Å². The topological polar surface area (TPSA) is 80.9 Å². The average molecular weight is 315 g/mol. The Labute approximate surface area is 131 Å². The number of rotatable bonds is 4. The van der Waals surface area contributed by atoms with E-state index in [-0.39, 0.29) is 12.5 Å². The number of nitrogens with one attached hydrogen (secondary N) is 1. The lowest BCUT2D eigenvalue weighted by atomic mass is 10.2. The van der Waals surface area contributed by atoms with E-state index in [0.717, 1.165) is 5.56 Å². The van der Waals surface area contributed by atoms with Gasteiger partial charge in [0.05, 0.1) is 12.1 Å². The molecule has 3 aromatic rings. The zero-order valence-corrected chi connectivity index (χ0v) is 12.1. The highest BCUT2D eigenvalue weighted by Gasteiger charge is 2.10. The maximum absolute atomic E-state index is 11.9. The molecule has 1 aromatic carbocycles. The number of amides is 1. The third kappa shape index (κ3) is 3.29. The Morgan fingerprint density at radius 2 is 2.00 bits per heavy atom. The van der Waals surface area contributed by atoms with Crippen LogP contribution in [0.4, 0.5) is 0 Å². The fourth-order valence-corrected chi connectivity index (χ4v) is 1.91. The molecule has 1 amide bonds. The van der Waals surface area contributed by atoms with Gasteiger partial charge >= 0.3 is 0 Å². The van der Waals surface area contributed by atoms with Gasteiger partial charge in [-0.25, -0.2) is 4.98 Å². The van der Waals surface area contributed by atoms with Crippen LogP contribution in [0.15, 0.2) is 53.2 Å². The van der Waals surface area contributed by atoms with E-state index in [1.54, 1.807) is 12.1 Å². The Bertz CT molecular complexity index is 772. The summed E-state index contributed by atoms with van der Waals surface area (Å²) in [6, 6.07) is 12.6. The average Bonchev–Trinajstić information content (AvgIpc) is 3.03. The molecule has 0 atom stereocenters. The normalized spacial score (nSPS) is 10.4. The van der Waals surface area contributed by atoms with Gasteiger partial charge in [-0.3, -0.25) is 4.79 Å². The summed E-state index contributed by atoms with van der Waals surface area (Å²) >= 11 is 5.68. The van der Waals surface area contributed by atoms with Crippen molar-refractivity contribution in [2.24, 2.45) is 0 Å². The van der Waals surface area contributed by atoms with Crippen LogP contribution in [-0.2, 0) is 6.54 Å². The molecule has 1 N–H and O–H groups in total. The highest BCUT2D eigenvalue weighted by atomic mass is 35.5. The Balaban J connectivity index is 1.64. The van der Waals surface area contributed by atoms with E-state index >= 15 is 0 Å². The summed E-state index contributed by atoms with van der Waals surface area (Å²) in [5, 5.41) is 6.86. The Hall–Kier alpha value is -2.73. The van der Waals surface area contributed by atoms with Crippen LogP contribution in [0, 0.1) is 0 Å². The summed E-state index contributed by atoms with van der Waals surface area (Å²) in [5.74, 6) is 0.530. The fourth-order valence-electron chi connectivity index (χ4n) is 1.80. The van der Waals surface area contributed by atoms with Crippen molar-refractivity contribution < 1.29 is 9.32 Å². The molecule has 110 valence electrons. The lowest BCUT2D eigenvalue weighted by Crippen LogP contribution is -2.23. The number of benzene rings is 1. The Kier molecular flexibility index (Phi) is 4.11. The van der Waals surface area contributed by atoms with Crippen molar-refractivity contribution in [3.63, 3.8) is 0 Å². The number of nitrogens with zero attached hydrogens (tertiary/aromatic N) is 3. The second-order valence-electron chi connectivity index (χ2n) is 4.43. The third-order valence-electron chi connectivity index (χ3n) is 2.89. The molecule has 0 spiro atoms. The first-order chi connectivity index (χ1) is 10.7. The molecule has 2 heterocycles. The van der Waals surface area contributed by atoms with Crippen molar-refractivity contribution in [2.45, 2.75) is 6.54 Å². The van der Waals surface area contributed by atoms with Crippen LogP contribution in [0.25, 0.3) is 11.5 Å². The van der Waals surface area contributed by atoms with Gasteiger partial charge in [-0.2, -0.15) is 4.98 Å². The number of pyridine rings is 1. The van der Waals surface area contributed by atoms with Gasteiger partial charge in [0.1, 0.15) is 5.15 Å². The van der Waals surface area contributed by atoms with Crippen LogP contribution in [0.5, 0.6) is 0 Å². The highest BCUT2D eigenvalue weighted by Crippen LogP contribution is 2.15. The van der Waals surface area contributed by atoms with Crippen LogP contribution in [0.1, 0.15) is 16.2 Å². The minimum absolute atomic E-state index is 0.164. The molecule has 3 rings (SSSR count). The highest BCUT2D eigenvalue weighted by molar-refractivity contribution is 6.29. The summed E-state index contributed by atoms with van der Waals surface area (Å²) in [7, 11) is 0. The maximum atomic E-state index is 11.9. The lowest BCUT2D eigenvalue weighted by molar-refractivity contribution is 0.0949. The lowest BCUT2D eigenvalue weighted by Gasteiger charge is -2.01. The van der Waals surface area contributed by atoms with E-state index in [9.17, 15) is 4.79 Å². The molecular weight excluding hydrogens is 304 g/mol. The molecule has 22 heavy (non-hydrogen) atoms. The summed E-state index contributed by atoms with van der Waals surface area (Å²) < 4.78 is 5.16. The van der Waals surface area contributed by atoms with Crippen LogP contribution in [0.3, 0.4) is 0 Å². The molecule has 0 fully saturated rings. The van der Waals surface area contributed by atoms with Crippen LogP contribution in [-0.4, -0.2) is 21.0 Å². The van der Waals surface area contributed by atoms with Gasteiger partial charge in [0, 0.05) is 11.8 Å². The smallest absolute Gasteiger partial charge is 0.257 e. The molecular formula is C15H11ClN4O2.